The van der Waals surface area contributed by atoms with Crippen molar-refractivity contribution in [2.24, 2.45) is 5.92 Å². The molecule has 1 amide bonds. The molecule has 2 heterocycles. The number of hydrogen-bond donors (Lipinski definition) is 0. The Morgan fingerprint density at radius 1 is 0.821 bits per heavy atom. The number of rotatable bonds is 6. The maximum atomic E-state index is 12.4. The molecular formula is C34H37N3O2. The highest BCUT2D eigenvalue weighted by Gasteiger charge is 2.38. The van der Waals surface area contributed by atoms with Gasteiger partial charge in [0.1, 0.15) is 11.1 Å². The zero-order chi connectivity index (χ0) is 27.3. The van der Waals surface area contributed by atoms with Crippen molar-refractivity contribution in [2.75, 3.05) is 13.1 Å². The third kappa shape index (κ3) is 5.83. The van der Waals surface area contributed by atoms with Crippen LogP contribution in [0.25, 0.3) is 6.08 Å². The van der Waals surface area contributed by atoms with Gasteiger partial charge in [-0.2, -0.15) is 0 Å². The van der Waals surface area contributed by atoms with E-state index in [1.807, 2.05) is 32.0 Å². The van der Waals surface area contributed by atoms with Crippen LogP contribution < -0.4 is 0 Å². The molecule has 0 saturated carbocycles. The van der Waals surface area contributed by atoms with Gasteiger partial charge in [0, 0.05) is 19.3 Å². The first kappa shape index (κ1) is 26.5. The summed E-state index contributed by atoms with van der Waals surface area (Å²) in [6, 6.07) is 31.9. The Morgan fingerprint density at radius 2 is 1.31 bits per heavy atom. The minimum atomic E-state index is -0.568. The smallest absolute Gasteiger partial charge is 0.410 e. The molecule has 39 heavy (non-hydrogen) atoms. The molecule has 5 nitrogen and oxygen atoms in total. The van der Waals surface area contributed by atoms with Crippen molar-refractivity contribution >= 4 is 12.2 Å². The maximum Gasteiger partial charge on any atom is 0.410 e. The Hall–Kier alpha value is -4.12. The number of ether oxygens (including phenoxy) is 1. The molecule has 0 bridgehead atoms. The van der Waals surface area contributed by atoms with Gasteiger partial charge in [0.2, 0.25) is 0 Å². The molecule has 1 aliphatic rings. The molecule has 4 aromatic rings. The first-order valence-corrected chi connectivity index (χ1v) is 13.7. The molecule has 1 aromatic heterocycles. The minimum Gasteiger partial charge on any atom is -0.444 e. The third-order valence-corrected chi connectivity index (χ3v) is 7.30. The predicted molar refractivity (Wildman–Crippen MR) is 156 cm³/mol. The molecular weight excluding hydrogens is 482 g/mol. The number of imidazole rings is 1. The second-order valence-electron chi connectivity index (χ2n) is 11.2. The molecule has 1 saturated heterocycles. The van der Waals surface area contributed by atoms with Crippen molar-refractivity contribution in [3.8, 4) is 0 Å². The Labute approximate surface area is 231 Å². The van der Waals surface area contributed by atoms with Crippen LogP contribution in [0.15, 0.2) is 110 Å². The van der Waals surface area contributed by atoms with Crippen molar-refractivity contribution in [1.82, 2.24) is 14.5 Å². The molecule has 1 aliphatic heterocycles. The Kier molecular flexibility index (Phi) is 7.69. The first-order chi connectivity index (χ1) is 18.9. The molecule has 0 N–H and O–H groups in total. The highest BCUT2D eigenvalue weighted by Crippen LogP contribution is 2.40. The van der Waals surface area contributed by atoms with Crippen LogP contribution in [-0.4, -0.2) is 39.2 Å². The highest BCUT2D eigenvalue weighted by atomic mass is 16.6. The Balaban J connectivity index is 1.42. The van der Waals surface area contributed by atoms with Gasteiger partial charge < -0.3 is 14.2 Å². The highest BCUT2D eigenvalue weighted by molar-refractivity contribution is 5.68. The van der Waals surface area contributed by atoms with Crippen LogP contribution in [0.4, 0.5) is 4.79 Å². The molecule has 1 fully saturated rings. The number of allylic oxidation sites excluding steroid dienone is 1. The SMILES string of the molecule is CC(C)(C)OC(=O)N1CCC(C=Cc2cn(C(c3ccccc3)(c3ccccc3)c3ccccc3)cn2)CC1. The average Bonchev–Trinajstić information content (AvgIpc) is 3.43. The van der Waals surface area contributed by atoms with Gasteiger partial charge in [0.25, 0.3) is 0 Å². The molecule has 3 aromatic carbocycles. The van der Waals surface area contributed by atoms with Gasteiger partial charge in [-0.05, 0) is 62.3 Å². The van der Waals surface area contributed by atoms with Gasteiger partial charge in [-0.25, -0.2) is 9.78 Å². The number of aromatic nitrogens is 2. The zero-order valence-corrected chi connectivity index (χ0v) is 23.0. The van der Waals surface area contributed by atoms with E-state index in [0.717, 1.165) is 18.5 Å². The second-order valence-corrected chi connectivity index (χ2v) is 11.2. The van der Waals surface area contributed by atoms with Crippen molar-refractivity contribution in [3.63, 3.8) is 0 Å². The van der Waals surface area contributed by atoms with Crippen LogP contribution in [0.1, 0.15) is 56.0 Å². The van der Waals surface area contributed by atoms with E-state index >= 15 is 0 Å². The summed E-state index contributed by atoms with van der Waals surface area (Å²) >= 11 is 0. The fraction of sp³-hybridized carbons (Fsp3) is 0.294. The maximum absolute atomic E-state index is 12.4. The summed E-state index contributed by atoms with van der Waals surface area (Å²) in [7, 11) is 0. The summed E-state index contributed by atoms with van der Waals surface area (Å²) in [5.74, 6) is 0.399. The van der Waals surface area contributed by atoms with Gasteiger partial charge in [0.05, 0.1) is 12.0 Å². The van der Waals surface area contributed by atoms with Crippen LogP contribution in [0.3, 0.4) is 0 Å². The van der Waals surface area contributed by atoms with E-state index in [4.69, 9.17) is 9.72 Å². The molecule has 5 heteroatoms. The number of carbonyl (C=O) groups is 1. The number of nitrogens with zero attached hydrogens (tertiary/aromatic N) is 3. The van der Waals surface area contributed by atoms with E-state index in [2.05, 4.69) is 114 Å². The van der Waals surface area contributed by atoms with Gasteiger partial charge in [-0.3, -0.25) is 0 Å². The number of amides is 1. The van der Waals surface area contributed by atoms with Crippen molar-refractivity contribution in [2.45, 2.75) is 44.8 Å². The number of piperidine rings is 1. The van der Waals surface area contributed by atoms with Crippen LogP contribution >= 0.6 is 0 Å². The number of benzene rings is 3. The lowest BCUT2D eigenvalue weighted by Crippen LogP contribution is -2.41. The van der Waals surface area contributed by atoms with E-state index in [9.17, 15) is 4.79 Å². The van der Waals surface area contributed by atoms with Crippen LogP contribution in [-0.2, 0) is 10.3 Å². The number of hydrogen-bond acceptors (Lipinski definition) is 3. The van der Waals surface area contributed by atoms with Crippen molar-refractivity contribution in [1.29, 1.82) is 0 Å². The molecule has 0 aliphatic carbocycles. The summed E-state index contributed by atoms with van der Waals surface area (Å²) in [6.07, 6.45) is 10.1. The van der Waals surface area contributed by atoms with E-state index in [1.165, 1.54) is 16.7 Å². The van der Waals surface area contributed by atoms with Crippen molar-refractivity contribution in [3.05, 3.63) is 132 Å². The Morgan fingerprint density at radius 3 is 1.77 bits per heavy atom. The number of carbonyl (C=O) groups excluding carboxylic acids is 1. The first-order valence-electron chi connectivity index (χ1n) is 13.7. The zero-order valence-electron chi connectivity index (χ0n) is 23.0. The van der Waals surface area contributed by atoms with E-state index in [-0.39, 0.29) is 6.09 Å². The normalized spacial score (nSPS) is 15.0. The van der Waals surface area contributed by atoms with E-state index in [0.29, 0.717) is 19.0 Å². The summed E-state index contributed by atoms with van der Waals surface area (Å²) in [5.41, 5.74) is 3.39. The number of likely N-dealkylation sites (tertiary alicyclic amines) is 1. The third-order valence-electron chi connectivity index (χ3n) is 7.30. The quantitative estimate of drug-likeness (QED) is 0.250. The topological polar surface area (TPSA) is 47.4 Å². The minimum absolute atomic E-state index is 0.220. The second kappa shape index (κ2) is 11.3. The molecule has 0 radical (unpaired) electrons. The van der Waals surface area contributed by atoms with Gasteiger partial charge in [0.15, 0.2) is 0 Å². The molecule has 0 spiro atoms. The van der Waals surface area contributed by atoms with Gasteiger partial charge >= 0.3 is 6.09 Å². The van der Waals surface area contributed by atoms with Crippen molar-refractivity contribution < 1.29 is 9.53 Å². The molecule has 200 valence electrons. The lowest BCUT2D eigenvalue weighted by Gasteiger charge is -2.37. The van der Waals surface area contributed by atoms with Gasteiger partial charge in [-0.1, -0.05) is 97.1 Å². The predicted octanol–water partition coefficient (Wildman–Crippen LogP) is 7.38. The molecule has 5 rings (SSSR count). The molecule has 0 atom stereocenters. The summed E-state index contributed by atoms with van der Waals surface area (Å²) in [4.78, 5) is 19.1. The summed E-state index contributed by atoms with van der Waals surface area (Å²) in [6.45, 7) is 7.12. The average molecular weight is 520 g/mol. The fourth-order valence-electron chi connectivity index (χ4n) is 5.43. The Bertz CT molecular complexity index is 1280. The largest absolute Gasteiger partial charge is 0.444 e. The van der Waals surface area contributed by atoms with Gasteiger partial charge in [-0.15, -0.1) is 0 Å². The summed E-state index contributed by atoms with van der Waals surface area (Å²) < 4.78 is 7.78. The lowest BCUT2D eigenvalue weighted by molar-refractivity contribution is 0.0197. The van der Waals surface area contributed by atoms with E-state index < -0.39 is 11.1 Å². The summed E-state index contributed by atoms with van der Waals surface area (Å²) in [5, 5.41) is 0. The molecule has 0 unspecified atom stereocenters. The van der Waals surface area contributed by atoms with Crippen LogP contribution in [0, 0.1) is 5.92 Å². The van der Waals surface area contributed by atoms with Crippen LogP contribution in [0.2, 0.25) is 0 Å². The lowest BCUT2D eigenvalue weighted by atomic mass is 9.77. The fourth-order valence-corrected chi connectivity index (χ4v) is 5.43. The standard InChI is InChI=1S/C34H37N3O2/c1-33(2,3)39-32(38)36-23-21-27(22-24-36)19-20-31-25-37(26-35-31)34(28-13-7-4-8-14-28,29-15-9-5-10-16-29)30-17-11-6-12-18-30/h4-20,25-27H,21-24H2,1-3H3. The monoisotopic (exact) mass is 519 g/mol. The van der Waals surface area contributed by atoms with E-state index in [1.54, 1.807) is 0 Å². The van der Waals surface area contributed by atoms with Crippen LogP contribution in [0.5, 0.6) is 0 Å².